The summed E-state index contributed by atoms with van der Waals surface area (Å²) >= 11 is 0. The summed E-state index contributed by atoms with van der Waals surface area (Å²) in [7, 11) is 3.16. The highest BCUT2D eigenvalue weighted by Crippen LogP contribution is 2.30. The molecule has 2 saturated heterocycles. The number of benzene rings is 1. The van der Waals surface area contributed by atoms with Gasteiger partial charge in [-0.3, -0.25) is 14.4 Å². The van der Waals surface area contributed by atoms with E-state index in [1.165, 1.54) is 11.2 Å². The molecule has 0 bridgehead atoms. The Hall–Kier alpha value is -4.17. The normalized spacial score (nSPS) is 21.5. The largest absolute Gasteiger partial charge is 0.441 e. The molecule has 0 spiro atoms. The number of methoxy groups -OCH3 is 2. The van der Waals surface area contributed by atoms with Crippen molar-refractivity contribution in [1.29, 1.82) is 0 Å². The second kappa shape index (κ2) is 25.7. The minimum atomic E-state index is -1.17. The summed E-state index contributed by atoms with van der Waals surface area (Å²) in [5.41, 5.74) is 1.45. The summed E-state index contributed by atoms with van der Waals surface area (Å²) in [6.07, 6.45) is 5.38. The molecule has 340 valence electrons. The number of aromatic amines is 1. The topological polar surface area (TPSA) is 212 Å². The Labute approximate surface area is 358 Å². The van der Waals surface area contributed by atoms with E-state index in [2.05, 4.69) is 20.6 Å². The summed E-state index contributed by atoms with van der Waals surface area (Å²) in [5, 5.41) is 17.7. The van der Waals surface area contributed by atoms with Crippen molar-refractivity contribution in [3.05, 3.63) is 54.1 Å². The maximum absolute atomic E-state index is 14.5. The molecule has 0 radical (unpaired) electrons. The van der Waals surface area contributed by atoms with Crippen LogP contribution in [0.5, 0.6) is 0 Å². The van der Waals surface area contributed by atoms with Crippen LogP contribution in [0.3, 0.4) is 0 Å². The molecule has 1 aliphatic carbocycles. The van der Waals surface area contributed by atoms with E-state index in [-0.39, 0.29) is 64.3 Å². The number of amides is 4. The number of hydrogen-bond acceptors (Lipinski definition) is 13. The molecule has 7 atom stereocenters. The van der Waals surface area contributed by atoms with Crippen LogP contribution < -0.4 is 10.6 Å². The second-order valence-electron chi connectivity index (χ2n) is 16.0. The Kier molecular flexibility index (Phi) is 20.2. The molecule has 3 heterocycles. The molecular formula is C43H66N6O12. The van der Waals surface area contributed by atoms with Crippen LogP contribution in [0.2, 0.25) is 0 Å². The van der Waals surface area contributed by atoms with Crippen LogP contribution in [-0.2, 0) is 60.4 Å². The van der Waals surface area contributed by atoms with Crippen molar-refractivity contribution in [3.8, 4) is 0 Å². The van der Waals surface area contributed by atoms with Crippen LogP contribution in [0.15, 0.2) is 42.9 Å². The van der Waals surface area contributed by atoms with Gasteiger partial charge in [-0.1, -0.05) is 62.4 Å². The van der Waals surface area contributed by atoms with Gasteiger partial charge in [0.25, 0.3) is 0 Å². The zero-order valence-electron chi connectivity index (χ0n) is 35.9. The zero-order valence-corrected chi connectivity index (χ0v) is 35.9. The molecule has 2 aliphatic heterocycles. The summed E-state index contributed by atoms with van der Waals surface area (Å²) in [6, 6.07) is 7.55. The van der Waals surface area contributed by atoms with Gasteiger partial charge in [0, 0.05) is 58.6 Å². The number of likely N-dealkylation sites (N-methyl/N-ethyl adjacent to an activating group) is 1. The highest BCUT2D eigenvalue weighted by molar-refractivity contribution is 5.91. The molecule has 3 fully saturated rings. The lowest BCUT2D eigenvalue weighted by Gasteiger charge is -2.33. The quantitative estimate of drug-likeness (QED) is 0.0751. The van der Waals surface area contributed by atoms with Crippen LogP contribution >= 0.6 is 0 Å². The lowest BCUT2D eigenvalue weighted by molar-refractivity contribution is -0.156. The maximum Gasteiger partial charge on any atom is 0.410 e. The number of hydrogen-bond donors (Lipinski definition) is 4. The fraction of sp³-hybridized carbons (Fsp3) is 0.698. The average Bonchev–Trinajstić information content (AvgIpc) is 4.03. The lowest BCUT2D eigenvalue weighted by atomic mass is 9.83. The van der Waals surface area contributed by atoms with Gasteiger partial charge in [-0.05, 0) is 31.2 Å². The van der Waals surface area contributed by atoms with Crippen molar-refractivity contribution < 1.29 is 57.4 Å². The number of carbonyl (C=O) groups excluding carboxylic acids is 4. The molecule has 2 aromatic rings. The van der Waals surface area contributed by atoms with E-state index in [0.29, 0.717) is 45.1 Å². The maximum atomic E-state index is 14.5. The van der Waals surface area contributed by atoms with Gasteiger partial charge in [-0.25, -0.2) is 9.78 Å². The van der Waals surface area contributed by atoms with Gasteiger partial charge in [0.2, 0.25) is 17.7 Å². The third-order valence-corrected chi connectivity index (χ3v) is 11.6. The molecule has 18 nitrogen and oxygen atoms in total. The van der Waals surface area contributed by atoms with Gasteiger partial charge >= 0.3 is 6.09 Å². The summed E-state index contributed by atoms with van der Waals surface area (Å²) < 4.78 is 38.7. The number of carbonyl (C=O) groups is 4. The van der Waals surface area contributed by atoms with Crippen LogP contribution in [0.1, 0.15) is 63.1 Å². The molecule has 3 aliphatic rings. The minimum Gasteiger partial charge on any atom is -0.441 e. The Morgan fingerprint density at radius 2 is 1.57 bits per heavy atom. The number of nitrogens with zero attached hydrogens (tertiary/aromatic N) is 3. The van der Waals surface area contributed by atoms with Crippen molar-refractivity contribution in [1.82, 2.24) is 30.4 Å². The van der Waals surface area contributed by atoms with Crippen molar-refractivity contribution in [2.75, 3.05) is 80.4 Å². The van der Waals surface area contributed by atoms with E-state index in [1.807, 2.05) is 37.3 Å². The van der Waals surface area contributed by atoms with E-state index >= 15 is 0 Å². The van der Waals surface area contributed by atoms with Crippen molar-refractivity contribution >= 4 is 23.8 Å². The number of rotatable bonds is 27. The summed E-state index contributed by atoms with van der Waals surface area (Å²) in [5.74, 6) is -1.87. The summed E-state index contributed by atoms with van der Waals surface area (Å²) in [4.78, 5) is 65.8. The fourth-order valence-corrected chi connectivity index (χ4v) is 8.13. The Morgan fingerprint density at radius 3 is 2.16 bits per heavy atom. The van der Waals surface area contributed by atoms with Crippen LogP contribution in [0.25, 0.3) is 0 Å². The zero-order chi connectivity index (χ0) is 43.4. The SMILES string of the molecule is CCN1C[C@@H]([C@H](O)[C@H](CC2CCCCC2)NC(=O)[C@H](Cc2cnc[nH]2)NC(=O)[C@@H](CC(=O)N2C[C@H](OCOCCOC)[C@H](OCOCCOC)C2)Cc2ccccc2)OC1=O. The minimum absolute atomic E-state index is 0.0270. The molecule has 5 rings (SSSR count). The third-order valence-electron chi connectivity index (χ3n) is 11.6. The number of imidazole rings is 1. The number of aliphatic hydroxyl groups excluding tert-OH is 1. The first-order valence-electron chi connectivity index (χ1n) is 21.6. The standard InChI is InChI=1S/C43H66N6O12/c1-4-48-26-38(61-43(48)54)40(51)34(20-31-13-9-6-10-14-31)46-42(53)35(22-33-23-44-27-45-33)47-41(52)32(19-30-11-7-5-8-12-30)21-39(50)49-24-36(59-28-57-17-15-55-2)37(25-49)60-29-58-18-16-56-3/h5,7-8,11-12,23,27,31-32,34-38,40,51H,4,6,9-10,13-22,24-26,28-29H2,1-3H3,(H,44,45)(H,46,53)(H,47,52)/t32-,34+,35+,36-,37+,38+,40-/m1/s1. The highest BCUT2D eigenvalue weighted by Gasteiger charge is 2.42. The van der Waals surface area contributed by atoms with Crippen molar-refractivity contribution in [2.24, 2.45) is 11.8 Å². The third kappa shape index (κ3) is 15.3. The van der Waals surface area contributed by atoms with E-state index in [0.717, 1.165) is 37.7 Å². The second-order valence-corrected chi connectivity index (χ2v) is 16.0. The first-order chi connectivity index (χ1) is 29.7. The molecule has 1 saturated carbocycles. The van der Waals surface area contributed by atoms with Crippen LogP contribution in [0.4, 0.5) is 4.79 Å². The smallest absolute Gasteiger partial charge is 0.410 e. The highest BCUT2D eigenvalue weighted by atomic mass is 16.7. The van der Waals surface area contributed by atoms with E-state index < -0.39 is 60.3 Å². The van der Waals surface area contributed by atoms with E-state index in [4.69, 9.17) is 33.2 Å². The van der Waals surface area contributed by atoms with Crippen LogP contribution in [-0.4, -0.2) is 166 Å². The lowest BCUT2D eigenvalue weighted by Crippen LogP contribution is -2.57. The first kappa shape index (κ1) is 47.9. The van der Waals surface area contributed by atoms with Gasteiger partial charge in [0.05, 0.1) is 51.3 Å². The molecule has 1 aromatic carbocycles. The molecule has 61 heavy (non-hydrogen) atoms. The van der Waals surface area contributed by atoms with Gasteiger partial charge in [-0.2, -0.15) is 0 Å². The monoisotopic (exact) mass is 858 g/mol. The number of ether oxygens (including phenoxy) is 7. The van der Waals surface area contributed by atoms with E-state index in [1.54, 1.807) is 25.3 Å². The Morgan fingerprint density at radius 1 is 0.902 bits per heavy atom. The van der Waals surface area contributed by atoms with Gasteiger partial charge in [0.1, 0.15) is 44.0 Å². The van der Waals surface area contributed by atoms with Gasteiger partial charge in [-0.15, -0.1) is 0 Å². The van der Waals surface area contributed by atoms with Crippen LogP contribution in [0, 0.1) is 11.8 Å². The van der Waals surface area contributed by atoms with Crippen molar-refractivity contribution in [2.45, 2.75) is 101 Å². The van der Waals surface area contributed by atoms with Crippen molar-refractivity contribution in [3.63, 3.8) is 0 Å². The number of H-pyrrole nitrogens is 1. The molecule has 4 N–H and O–H groups in total. The predicted molar refractivity (Wildman–Crippen MR) is 221 cm³/mol. The van der Waals surface area contributed by atoms with Gasteiger partial charge in [0.15, 0.2) is 0 Å². The number of cyclic esters (lactones) is 1. The summed E-state index contributed by atoms with van der Waals surface area (Å²) in [6.45, 7) is 4.31. The first-order valence-corrected chi connectivity index (χ1v) is 21.6. The molecule has 0 unspecified atom stereocenters. The Bertz CT molecular complexity index is 1580. The fourth-order valence-electron chi connectivity index (χ4n) is 8.13. The molecule has 1 aromatic heterocycles. The number of aromatic nitrogens is 2. The van der Waals surface area contributed by atoms with Gasteiger partial charge < -0.3 is 63.7 Å². The molecule has 18 heteroatoms. The number of nitrogens with one attached hydrogen (secondary N) is 3. The molecule has 4 amide bonds. The average molecular weight is 859 g/mol. The molecular weight excluding hydrogens is 793 g/mol. The Balaban J connectivity index is 1.31. The number of aliphatic hydroxyl groups is 1. The van der Waals surface area contributed by atoms with E-state index in [9.17, 15) is 24.3 Å². The predicted octanol–water partition coefficient (Wildman–Crippen LogP) is 2.20. The number of likely N-dealkylation sites (tertiary alicyclic amines) is 1.